The molecule has 0 amide bonds. The zero-order valence-electron chi connectivity index (χ0n) is 9.36. The summed E-state index contributed by atoms with van der Waals surface area (Å²) >= 11 is 6.47. The van der Waals surface area contributed by atoms with Crippen molar-refractivity contribution in [3.05, 3.63) is 26.6 Å². The van der Waals surface area contributed by atoms with Crippen molar-refractivity contribution in [1.82, 2.24) is 0 Å². The van der Waals surface area contributed by atoms with E-state index in [1.807, 2.05) is 6.92 Å². The molecule has 1 aromatic rings. The Balaban J connectivity index is 0.00000256. The molecule has 3 nitrogen and oxygen atoms in total. The molecule has 0 fully saturated rings. The van der Waals surface area contributed by atoms with Gasteiger partial charge in [0, 0.05) is 0 Å². The Morgan fingerprint density at radius 1 is 1.29 bits per heavy atom. The molecule has 17 heavy (non-hydrogen) atoms. The highest BCUT2D eigenvalue weighted by Crippen LogP contribution is 2.35. The maximum absolute atomic E-state index is 9.80. The van der Waals surface area contributed by atoms with E-state index in [1.165, 1.54) is 0 Å². The lowest BCUT2D eigenvalue weighted by atomic mass is 9.99. The summed E-state index contributed by atoms with van der Waals surface area (Å²) in [5, 5.41) is 19.4. The molecule has 0 aliphatic carbocycles. The maximum Gasteiger partial charge on any atom is 0.143 e. The van der Waals surface area contributed by atoms with E-state index in [-0.39, 0.29) is 18.2 Å². The Bertz CT molecular complexity index is 353. The summed E-state index contributed by atoms with van der Waals surface area (Å²) in [4.78, 5) is 0. The number of aliphatic hydroxyl groups is 1. The number of nitrogens with two attached hydrogens (primary N) is 1. The van der Waals surface area contributed by atoms with Gasteiger partial charge in [-0.15, -0.1) is 12.4 Å². The molecule has 4 N–H and O–H groups in total. The smallest absolute Gasteiger partial charge is 0.143 e. The van der Waals surface area contributed by atoms with E-state index < -0.39 is 12.1 Å². The minimum Gasteiger partial charge on any atom is -0.506 e. The third-order valence-electron chi connectivity index (χ3n) is 2.42. The molecule has 0 unspecified atom stereocenters. The number of aliphatic hydroxyl groups excluding tert-OH is 1. The van der Waals surface area contributed by atoms with Crippen LogP contribution in [0.3, 0.4) is 0 Å². The first kappa shape index (κ1) is 17.2. The minimum atomic E-state index is -0.562. The summed E-state index contributed by atoms with van der Waals surface area (Å²) < 4.78 is 1.13. The van der Waals surface area contributed by atoms with Gasteiger partial charge in [-0.2, -0.15) is 0 Å². The van der Waals surface area contributed by atoms with Crippen LogP contribution in [0.2, 0.25) is 0 Å². The Labute approximate surface area is 124 Å². The van der Waals surface area contributed by atoms with Crippen molar-refractivity contribution in [2.45, 2.75) is 31.9 Å². The van der Waals surface area contributed by atoms with Crippen molar-refractivity contribution >= 4 is 44.3 Å². The van der Waals surface area contributed by atoms with Crippen molar-refractivity contribution in [3.63, 3.8) is 0 Å². The van der Waals surface area contributed by atoms with Crippen LogP contribution in [0.25, 0.3) is 0 Å². The molecule has 1 aromatic carbocycles. The van der Waals surface area contributed by atoms with Crippen molar-refractivity contribution in [1.29, 1.82) is 0 Å². The van der Waals surface area contributed by atoms with Crippen LogP contribution in [0.15, 0.2) is 21.1 Å². The third kappa shape index (κ3) is 4.41. The zero-order valence-corrected chi connectivity index (χ0v) is 13.3. The van der Waals surface area contributed by atoms with Crippen molar-refractivity contribution in [2.24, 2.45) is 5.73 Å². The predicted molar refractivity (Wildman–Crippen MR) is 78.6 cm³/mol. The highest BCUT2D eigenvalue weighted by atomic mass is 79.9. The number of rotatable bonds is 4. The van der Waals surface area contributed by atoms with Gasteiger partial charge in [-0.05, 0) is 56.0 Å². The Hall–Kier alpha value is 0.190. The molecule has 0 aliphatic heterocycles. The summed E-state index contributed by atoms with van der Waals surface area (Å²) in [6.07, 6.45) is 0.986. The quantitative estimate of drug-likeness (QED) is 0.738. The lowest BCUT2D eigenvalue weighted by Gasteiger charge is -2.19. The second-order valence-electron chi connectivity index (χ2n) is 3.71. The van der Waals surface area contributed by atoms with E-state index in [2.05, 4.69) is 31.9 Å². The first-order chi connectivity index (χ1) is 7.47. The molecule has 0 saturated carbocycles. The summed E-state index contributed by atoms with van der Waals surface area (Å²) in [5.41, 5.74) is 6.73. The van der Waals surface area contributed by atoms with Gasteiger partial charge in [0.05, 0.1) is 21.1 Å². The van der Waals surface area contributed by atoms with Crippen LogP contribution in [-0.4, -0.2) is 16.3 Å². The molecular weight excluding hydrogens is 373 g/mol. The molecule has 0 heterocycles. The lowest BCUT2D eigenvalue weighted by molar-refractivity contribution is 0.134. The van der Waals surface area contributed by atoms with Gasteiger partial charge in [-0.25, -0.2) is 0 Å². The molecule has 0 bridgehead atoms. The van der Waals surface area contributed by atoms with Crippen LogP contribution in [0.1, 0.15) is 31.4 Å². The lowest BCUT2D eigenvalue weighted by Crippen LogP contribution is -2.25. The summed E-state index contributed by atoms with van der Waals surface area (Å²) in [6.45, 7) is 2.00. The second-order valence-corrected chi connectivity index (χ2v) is 5.42. The minimum absolute atomic E-state index is 0. The average molecular weight is 390 g/mol. The fourth-order valence-electron chi connectivity index (χ4n) is 1.48. The van der Waals surface area contributed by atoms with Crippen LogP contribution < -0.4 is 5.73 Å². The molecule has 1 rings (SSSR count). The van der Waals surface area contributed by atoms with Gasteiger partial charge < -0.3 is 15.9 Å². The SMILES string of the molecule is CCC[C@@H](O)[C@@H](N)c1cc(Br)c(O)c(Br)c1.Cl. The van der Waals surface area contributed by atoms with E-state index in [9.17, 15) is 10.2 Å². The van der Waals surface area contributed by atoms with Gasteiger partial charge in [-0.1, -0.05) is 13.3 Å². The molecule has 2 atom stereocenters. The van der Waals surface area contributed by atoms with E-state index in [0.29, 0.717) is 15.4 Å². The number of aromatic hydroxyl groups is 1. The monoisotopic (exact) mass is 387 g/mol. The van der Waals surface area contributed by atoms with Gasteiger partial charge in [0.25, 0.3) is 0 Å². The number of phenols is 1. The fraction of sp³-hybridized carbons (Fsp3) is 0.455. The van der Waals surface area contributed by atoms with Gasteiger partial charge in [-0.3, -0.25) is 0 Å². The number of halogens is 3. The van der Waals surface area contributed by atoms with E-state index in [1.54, 1.807) is 12.1 Å². The zero-order chi connectivity index (χ0) is 12.3. The van der Waals surface area contributed by atoms with Crippen LogP contribution in [0.4, 0.5) is 0 Å². The van der Waals surface area contributed by atoms with Gasteiger partial charge >= 0.3 is 0 Å². The number of hydrogen-bond acceptors (Lipinski definition) is 3. The molecule has 0 saturated heterocycles. The Morgan fingerprint density at radius 3 is 2.18 bits per heavy atom. The third-order valence-corrected chi connectivity index (χ3v) is 3.63. The van der Waals surface area contributed by atoms with Crippen LogP contribution in [-0.2, 0) is 0 Å². The molecule has 0 spiro atoms. The van der Waals surface area contributed by atoms with Gasteiger partial charge in [0.15, 0.2) is 0 Å². The number of phenolic OH excluding ortho intramolecular Hbond substituents is 1. The maximum atomic E-state index is 9.80. The van der Waals surface area contributed by atoms with Crippen molar-refractivity contribution in [3.8, 4) is 5.75 Å². The molecular formula is C11H16Br2ClNO2. The molecule has 0 radical (unpaired) electrons. The summed E-state index contributed by atoms with van der Waals surface area (Å²) in [5.74, 6) is 0.140. The average Bonchev–Trinajstić information content (AvgIpc) is 2.24. The number of hydrogen-bond donors (Lipinski definition) is 3. The highest BCUT2D eigenvalue weighted by molar-refractivity contribution is 9.11. The summed E-state index contributed by atoms with van der Waals surface area (Å²) in [6, 6.07) is 3.01. The summed E-state index contributed by atoms with van der Waals surface area (Å²) in [7, 11) is 0. The van der Waals surface area contributed by atoms with Crippen molar-refractivity contribution < 1.29 is 10.2 Å². The second kappa shape index (κ2) is 7.59. The van der Waals surface area contributed by atoms with E-state index in [4.69, 9.17) is 5.73 Å². The van der Waals surface area contributed by atoms with Crippen LogP contribution in [0.5, 0.6) is 5.75 Å². The van der Waals surface area contributed by atoms with Crippen molar-refractivity contribution in [2.75, 3.05) is 0 Å². The Morgan fingerprint density at radius 2 is 1.76 bits per heavy atom. The van der Waals surface area contributed by atoms with Crippen LogP contribution >= 0.6 is 44.3 Å². The van der Waals surface area contributed by atoms with Gasteiger partial charge in [0.1, 0.15) is 5.75 Å². The molecule has 0 aromatic heterocycles. The fourth-order valence-corrected chi connectivity index (χ4v) is 2.70. The van der Waals surface area contributed by atoms with E-state index >= 15 is 0 Å². The molecule has 0 aliphatic rings. The Kier molecular flexibility index (Phi) is 7.67. The first-order valence-corrected chi connectivity index (χ1v) is 6.67. The largest absolute Gasteiger partial charge is 0.506 e. The highest BCUT2D eigenvalue weighted by Gasteiger charge is 2.18. The standard InChI is InChI=1S/C11H15Br2NO2.ClH/c1-2-3-9(15)10(14)6-4-7(12)11(16)8(13)5-6;/h4-5,9-10,15-16H,2-3,14H2,1H3;1H/t9-,10+;/m1./s1. The first-order valence-electron chi connectivity index (χ1n) is 5.09. The molecule has 6 heteroatoms. The van der Waals surface area contributed by atoms with E-state index in [0.717, 1.165) is 12.0 Å². The van der Waals surface area contributed by atoms with Gasteiger partial charge in [0.2, 0.25) is 0 Å². The predicted octanol–water partition coefficient (Wildman–Crippen LogP) is 3.50. The molecule has 98 valence electrons. The topological polar surface area (TPSA) is 66.5 Å². The number of benzene rings is 1. The normalized spacial score (nSPS) is 13.9. The van der Waals surface area contributed by atoms with Crippen LogP contribution in [0, 0.1) is 0 Å².